The molecule has 76 valence electrons. The Morgan fingerprint density at radius 2 is 2.29 bits per heavy atom. The van der Waals surface area contributed by atoms with Crippen molar-refractivity contribution in [2.45, 2.75) is 6.92 Å². The van der Waals surface area contributed by atoms with Crippen LogP contribution in [0.4, 0.5) is 0 Å². The van der Waals surface area contributed by atoms with Crippen LogP contribution < -0.4 is 10.1 Å². The maximum Gasteiger partial charge on any atom is 0.227 e. The highest BCUT2D eigenvalue weighted by atomic mass is 16.5. The first kappa shape index (κ1) is 10.6. The van der Waals surface area contributed by atoms with Crippen molar-refractivity contribution >= 4 is 5.78 Å². The van der Waals surface area contributed by atoms with E-state index in [-0.39, 0.29) is 12.3 Å². The summed E-state index contributed by atoms with van der Waals surface area (Å²) in [5.41, 5.74) is 1.08. The lowest BCUT2D eigenvalue weighted by Crippen LogP contribution is -2.20. The van der Waals surface area contributed by atoms with Crippen molar-refractivity contribution in [3.05, 3.63) is 17.6 Å². The van der Waals surface area contributed by atoms with Crippen molar-refractivity contribution in [2.24, 2.45) is 0 Å². The number of carbonyl (C=O) groups excluding carboxylic acids is 1. The molecule has 0 aromatic carbocycles. The fourth-order valence-electron chi connectivity index (χ4n) is 1.18. The van der Waals surface area contributed by atoms with Crippen molar-refractivity contribution in [1.82, 2.24) is 15.3 Å². The van der Waals surface area contributed by atoms with E-state index in [4.69, 9.17) is 4.74 Å². The summed E-state index contributed by atoms with van der Waals surface area (Å²) in [6, 6.07) is 0. The molecule has 5 heteroatoms. The number of likely N-dealkylation sites (N-methyl/N-ethyl adjacent to an activating group) is 1. The van der Waals surface area contributed by atoms with Crippen molar-refractivity contribution in [2.75, 3.05) is 20.7 Å². The number of aryl methyl sites for hydroxylation is 1. The first-order chi connectivity index (χ1) is 6.70. The molecule has 0 aliphatic heterocycles. The molecule has 0 unspecified atom stereocenters. The van der Waals surface area contributed by atoms with E-state index in [0.29, 0.717) is 17.1 Å². The number of carbonyl (C=O) groups is 1. The first-order valence-electron chi connectivity index (χ1n) is 4.24. The summed E-state index contributed by atoms with van der Waals surface area (Å²) in [7, 11) is 3.20. The maximum absolute atomic E-state index is 11.6. The Balaban J connectivity index is 3.10. The maximum atomic E-state index is 11.6. The molecule has 0 radical (unpaired) electrons. The molecule has 0 saturated carbocycles. The molecule has 0 amide bonds. The van der Waals surface area contributed by atoms with Gasteiger partial charge in [-0.05, 0) is 14.0 Å². The molecule has 0 fully saturated rings. The topological polar surface area (TPSA) is 64.1 Å². The van der Waals surface area contributed by atoms with E-state index < -0.39 is 0 Å². The van der Waals surface area contributed by atoms with Gasteiger partial charge in [0.25, 0.3) is 0 Å². The lowest BCUT2D eigenvalue weighted by molar-refractivity contribution is 0.0989. The Morgan fingerprint density at radius 3 is 2.86 bits per heavy atom. The average molecular weight is 195 g/mol. The van der Waals surface area contributed by atoms with Crippen molar-refractivity contribution < 1.29 is 9.53 Å². The standard InChI is InChI=1S/C9H13N3O2/c1-6-8(7(13)4-10-2)9(14-3)12-5-11-6/h5,10H,4H2,1-3H3. The summed E-state index contributed by atoms with van der Waals surface area (Å²) in [6.45, 7) is 2.01. The summed E-state index contributed by atoms with van der Waals surface area (Å²) < 4.78 is 4.99. The van der Waals surface area contributed by atoms with E-state index >= 15 is 0 Å². The minimum atomic E-state index is -0.0672. The molecule has 5 nitrogen and oxygen atoms in total. The largest absolute Gasteiger partial charge is 0.480 e. The Bertz CT molecular complexity index is 339. The number of Topliss-reactive ketones (excluding diaryl/α,β-unsaturated/α-hetero) is 1. The average Bonchev–Trinajstić information content (AvgIpc) is 2.17. The first-order valence-corrected chi connectivity index (χ1v) is 4.24. The van der Waals surface area contributed by atoms with Crippen LogP contribution in [0.1, 0.15) is 16.1 Å². The lowest BCUT2D eigenvalue weighted by atomic mass is 10.1. The summed E-state index contributed by atoms with van der Waals surface area (Å²) in [4.78, 5) is 19.5. The highest BCUT2D eigenvalue weighted by Crippen LogP contribution is 2.16. The molecular weight excluding hydrogens is 182 g/mol. The van der Waals surface area contributed by atoms with Crippen LogP contribution in [0.5, 0.6) is 5.88 Å². The predicted octanol–water partition coefficient (Wildman–Crippen LogP) is 0.196. The van der Waals surface area contributed by atoms with Gasteiger partial charge in [-0.1, -0.05) is 0 Å². The molecule has 14 heavy (non-hydrogen) atoms. The molecule has 1 aromatic rings. The van der Waals surface area contributed by atoms with Crippen LogP contribution in [0, 0.1) is 6.92 Å². The molecule has 0 saturated heterocycles. The van der Waals surface area contributed by atoms with Crippen LogP contribution in [-0.4, -0.2) is 36.5 Å². The van der Waals surface area contributed by atoms with Gasteiger partial charge in [-0.25, -0.2) is 9.97 Å². The van der Waals surface area contributed by atoms with Crippen LogP contribution in [0.25, 0.3) is 0 Å². The molecule has 0 atom stereocenters. The van der Waals surface area contributed by atoms with E-state index in [1.165, 1.54) is 13.4 Å². The quantitative estimate of drug-likeness (QED) is 0.695. The smallest absolute Gasteiger partial charge is 0.227 e. The third kappa shape index (κ3) is 2.05. The number of ketones is 1. The van der Waals surface area contributed by atoms with E-state index in [1.807, 2.05) is 0 Å². The van der Waals surface area contributed by atoms with Gasteiger partial charge in [0.15, 0.2) is 5.78 Å². The summed E-state index contributed by atoms with van der Waals surface area (Å²) in [5, 5.41) is 2.78. The highest BCUT2D eigenvalue weighted by Gasteiger charge is 2.16. The number of aromatic nitrogens is 2. The SMILES string of the molecule is CNCC(=O)c1c(C)ncnc1OC. The Labute approximate surface area is 82.5 Å². The number of hydrogen-bond donors (Lipinski definition) is 1. The van der Waals surface area contributed by atoms with Gasteiger partial charge in [0.2, 0.25) is 5.88 Å². The van der Waals surface area contributed by atoms with E-state index in [0.717, 1.165) is 0 Å². The number of methoxy groups -OCH3 is 1. The molecule has 0 aliphatic carbocycles. The monoisotopic (exact) mass is 195 g/mol. The second-order valence-electron chi connectivity index (χ2n) is 2.80. The van der Waals surface area contributed by atoms with Gasteiger partial charge >= 0.3 is 0 Å². The molecule has 1 rings (SSSR count). The van der Waals surface area contributed by atoms with E-state index in [9.17, 15) is 4.79 Å². The van der Waals surface area contributed by atoms with Crippen molar-refractivity contribution in [3.8, 4) is 5.88 Å². The molecule has 0 bridgehead atoms. The van der Waals surface area contributed by atoms with Crippen LogP contribution in [0.2, 0.25) is 0 Å². The van der Waals surface area contributed by atoms with Crippen molar-refractivity contribution in [1.29, 1.82) is 0 Å². The van der Waals surface area contributed by atoms with Crippen LogP contribution >= 0.6 is 0 Å². The lowest BCUT2D eigenvalue weighted by Gasteiger charge is -2.07. The molecule has 0 aliphatic rings. The Morgan fingerprint density at radius 1 is 1.57 bits per heavy atom. The highest BCUT2D eigenvalue weighted by molar-refractivity contribution is 6.00. The van der Waals surface area contributed by atoms with Crippen LogP contribution in [0.15, 0.2) is 6.33 Å². The van der Waals surface area contributed by atoms with Gasteiger partial charge in [-0.2, -0.15) is 0 Å². The normalized spacial score (nSPS) is 9.93. The number of nitrogens with zero attached hydrogens (tertiary/aromatic N) is 2. The second-order valence-corrected chi connectivity index (χ2v) is 2.80. The van der Waals surface area contributed by atoms with Gasteiger partial charge in [-0.3, -0.25) is 4.79 Å². The number of nitrogens with one attached hydrogen (secondary N) is 1. The summed E-state index contributed by atoms with van der Waals surface area (Å²) in [5.74, 6) is 0.264. The van der Waals surface area contributed by atoms with E-state index in [1.54, 1.807) is 14.0 Å². The van der Waals surface area contributed by atoms with Gasteiger partial charge < -0.3 is 10.1 Å². The molecule has 1 aromatic heterocycles. The third-order valence-electron chi connectivity index (χ3n) is 1.81. The third-order valence-corrected chi connectivity index (χ3v) is 1.81. The van der Waals surface area contributed by atoms with Gasteiger partial charge in [0.05, 0.1) is 19.3 Å². The fourth-order valence-corrected chi connectivity index (χ4v) is 1.18. The molecular formula is C9H13N3O2. The predicted molar refractivity (Wildman–Crippen MR) is 51.6 cm³/mol. The zero-order valence-corrected chi connectivity index (χ0v) is 8.50. The number of rotatable bonds is 4. The van der Waals surface area contributed by atoms with Gasteiger partial charge in [0.1, 0.15) is 11.9 Å². The van der Waals surface area contributed by atoms with E-state index in [2.05, 4.69) is 15.3 Å². The van der Waals surface area contributed by atoms with Gasteiger partial charge in [-0.15, -0.1) is 0 Å². The van der Waals surface area contributed by atoms with Gasteiger partial charge in [0, 0.05) is 0 Å². The Hall–Kier alpha value is -1.49. The fraction of sp³-hybridized carbons (Fsp3) is 0.444. The van der Waals surface area contributed by atoms with Crippen LogP contribution in [-0.2, 0) is 0 Å². The minimum Gasteiger partial charge on any atom is -0.480 e. The van der Waals surface area contributed by atoms with Crippen LogP contribution in [0.3, 0.4) is 0 Å². The Kier molecular flexibility index (Phi) is 3.53. The number of ether oxygens (including phenoxy) is 1. The molecule has 0 spiro atoms. The summed E-state index contributed by atoms with van der Waals surface area (Å²) in [6.07, 6.45) is 1.38. The second kappa shape index (κ2) is 4.66. The zero-order valence-electron chi connectivity index (χ0n) is 8.50. The summed E-state index contributed by atoms with van der Waals surface area (Å²) >= 11 is 0. The van der Waals surface area contributed by atoms with Crippen molar-refractivity contribution in [3.63, 3.8) is 0 Å². The number of hydrogen-bond acceptors (Lipinski definition) is 5. The molecule has 1 heterocycles. The molecule has 1 N–H and O–H groups in total. The minimum absolute atomic E-state index is 0.0672. The zero-order chi connectivity index (χ0) is 10.6.